The van der Waals surface area contributed by atoms with Gasteiger partial charge in [0.1, 0.15) is 0 Å². The van der Waals surface area contributed by atoms with Gasteiger partial charge in [-0.2, -0.15) is 0 Å². The molecule has 1 aliphatic carbocycles. The monoisotopic (exact) mass is 324 g/mol. The molecule has 2 nitrogen and oxygen atoms in total. The van der Waals surface area contributed by atoms with Gasteiger partial charge in [0.25, 0.3) is 0 Å². The van der Waals surface area contributed by atoms with Crippen molar-refractivity contribution in [2.75, 3.05) is 11.9 Å². The van der Waals surface area contributed by atoms with Crippen molar-refractivity contribution in [3.63, 3.8) is 0 Å². The molecule has 106 valence electrons. The summed E-state index contributed by atoms with van der Waals surface area (Å²) in [6.45, 7) is 5.13. The molecule has 3 N–H and O–H groups in total. The van der Waals surface area contributed by atoms with Gasteiger partial charge in [-0.05, 0) is 59.3 Å². The first kappa shape index (κ1) is 14.9. The summed E-state index contributed by atoms with van der Waals surface area (Å²) >= 11 is 3.65. The van der Waals surface area contributed by atoms with Gasteiger partial charge >= 0.3 is 0 Å². The van der Waals surface area contributed by atoms with Gasteiger partial charge in [0.2, 0.25) is 0 Å². The zero-order valence-electron chi connectivity index (χ0n) is 12.0. The fourth-order valence-corrected chi connectivity index (χ4v) is 3.74. The van der Waals surface area contributed by atoms with Crippen LogP contribution in [0.25, 0.3) is 0 Å². The maximum absolute atomic E-state index is 6.16. The second-order valence-corrected chi connectivity index (χ2v) is 6.67. The topological polar surface area (TPSA) is 38.0 Å². The predicted octanol–water partition coefficient (Wildman–Crippen LogP) is 4.47. The molecule has 2 atom stereocenters. The summed E-state index contributed by atoms with van der Waals surface area (Å²) in [5, 5.41) is 3.78. The molecule has 2 rings (SSSR count). The molecule has 0 bridgehead atoms. The van der Waals surface area contributed by atoms with E-state index in [1.807, 2.05) is 0 Å². The van der Waals surface area contributed by atoms with Crippen LogP contribution in [-0.2, 0) is 0 Å². The molecule has 1 saturated carbocycles. The molecule has 0 saturated heterocycles. The second kappa shape index (κ2) is 6.27. The lowest BCUT2D eigenvalue weighted by Gasteiger charge is -2.45. The van der Waals surface area contributed by atoms with Crippen LogP contribution in [0, 0.1) is 12.8 Å². The van der Waals surface area contributed by atoms with Crippen LogP contribution in [0.5, 0.6) is 0 Å². The number of hydrogen-bond acceptors (Lipinski definition) is 2. The third-order valence-electron chi connectivity index (χ3n) is 4.57. The molecule has 2 unspecified atom stereocenters. The quantitative estimate of drug-likeness (QED) is 0.857. The molecule has 1 aromatic rings. The number of aryl methyl sites for hydroxylation is 1. The van der Waals surface area contributed by atoms with Crippen molar-refractivity contribution in [2.45, 2.75) is 51.5 Å². The summed E-state index contributed by atoms with van der Waals surface area (Å²) in [5.74, 6) is 0.679. The van der Waals surface area contributed by atoms with Gasteiger partial charge < -0.3 is 11.1 Å². The minimum atomic E-state index is 0.0727. The Morgan fingerprint density at radius 3 is 2.89 bits per heavy atom. The third-order valence-corrected chi connectivity index (χ3v) is 5.26. The number of anilines is 1. The van der Waals surface area contributed by atoms with E-state index in [0.717, 1.165) is 4.47 Å². The molecule has 3 heteroatoms. The Morgan fingerprint density at radius 1 is 1.42 bits per heavy atom. The molecule has 0 amide bonds. The van der Waals surface area contributed by atoms with Crippen LogP contribution in [0.3, 0.4) is 0 Å². The van der Waals surface area contributed by atoms with Gasteiger partial charge in [0, 0.05) is 16.7 Å². The summed E-state index contributed by atoms with van der Waals surface area (Å²) in [6.07, 6.45) is 6.31. The van der Waals surface area contributed by atoms with Crippen LogP contribution in [0.1, 0.15) is 44.6 Å². The molecular weight excluding hydrogens is 300 g/mol. The van der Waals surface area contributed by atoms with E-state index < -0.39 is 0 Å². The van der Waals surface area contributed by atoms with E-state index in [0.29, 0.717) is 12.5 Å². The number of nitrogens with one attached hydrogen (secondary N) is 1. The number of benzene rings is 1. The normalized spacial score (nSPS) is 27.3. The Kier molecular flexibility index (Phi) is 4.91. The number of halogens is 1. The average Bonchev–Trinajstić information content (AvgIpc) is 2.43. The van der Waals surface area contributed by atoms with E-state index in [1.54, 1.807) is 0 Å². The highest BCUT2D eigenvalue weighted by molar-refractivity contribution is 9.10. The Balaban J connectivity index is 2.28. The first-order chi connectivity index (χ1) is 9.11. The second-order valence-electron chi connectivity index (χ2n) is 5.82. The molecule has 0 aromatic heterocycles. The smallest absolute Gasteiger partial charge is 0.0524 e. The molecule has 0 heterocycles. The van der Waals surface area contributed by atoms with Gasteiger partial charge in [-0.25, -0.2) is 0 Å². The first-order valence-corrected chi connectivity index (χ1v) is 8.15. The summed E-state index contributed by atoms with van der Waals surface area (Å²) < 4.78 is 1.13. The van der Waals surface area contributed by atoms with Crippen molar-refractivity contribution in [2.24, 2.45) is 11.7 Å². The van der Waals surface area contributed by atoms with E-state index >= 15 is 0 Å². The van der Waals surface area contributed by atoms with E-state index in [4.69, 9.17) is 5.73 Å². The Bertz CT molecular complexity index is 433. The van der Waals surface area contributed by atoms with Crippen molar-refractivity contribution in [3.8, 4) is 0 Å². The Morgan fingerprint density at radius 2 is 2.21 bits per heavy atom. The summed E-state index contributed by atoms with van der Waals surface area (Å²) in [6, 6.07) is 6.46. The predicted molar refractivity (Wildman–Crippen MR) is 86.5 cm³/mol. The number of hydrogen-bond donors (Lipinski definition) is 2. The van der Waals surface area contributed by atoms with E-state index in [-0.39, 0.29) is 5.54 Å². The molecule has 0 spiro atoms. The fraction of sp³-hybridized carbons (Fsp3) is 0.625. The van der Waals surface area contributed by atoms with Crippen LogP contribution in [-0.4, -0.2) is 12.1 Å². The lowest BCUT2D eigenvalue weighted by Crippen LogP contribution is -2.53. The minimum Gasteiger partial charge on any atom is -0.377 e. The number of nitrogens with two attached hydrogens (primary N) is 1. The number of rotatable bonds is 4. The third kappa shape index (κ3) is 3.14. The van der Waals surface area contributed by atoms with Gasteiger partial charge in [-0.1, -0.05) is 32.3 Å². The highest BCUT2D eigenvalue weighted by atomic mass is 79.9. The summed E-state index contributed by atoms with van der Waals surface area (Å²) in [4.78, 5) is 0. The molecule has 0 radical (unpaired) electrons. The molecule has 1 fully saturated rings. The SMILES string of the molecule is CCC1CCCCC1(CN)Nc1cc(C)ccc1Br. The van der Waals surface area contributed by atoms with Gasteiger partial charge in [-0.3, -0.25) is 0 Å². The molecular formula is C16H25BrN2. The Labute approximate surface area is 125 Å². The van der Waals surface area contributed by atoms with Crippen molar-refractivity contribution < 1.29 is 0 Å². The molecule has 0 aliphatic heterocycles. The Hall–Kier alpha value is -0.540. The van der Waals surface area contributed by atoms with Crippen LogP contribution in [0.4, 0.5) is 5.69 Å². The van der Waals surface area contributed by atoms with E-state index in [9.17, 15) is 0 Å². The molecule has 1 aliphatic rings. The first-order valence-electron chi connectivity index (χ1n) is 7.35. The maximum Gasteiger partial charge on any atom is 0.0524 e. The van der Waals surface area contributed by atoms with Crippen LogP contribution >= 0.6 is 15.9 Å². The molecule has 1 aromatic carbocycles. The summed E-state index contributed by atoms with van der Waals surface area (Å²) in [5.41, 5.74) is 8.70. The van der Waals surface area contributed by atoms with Crippen molar-refractivity contribution >= 4 is 21.6 Å². The molecule has 19 heavy (non-hydrogen) atoms. The zero-order valence-corrected chi connectivity index (χ0v) is 13.6. The average molecular weight is 325 g/mol. The minimum absolute atomic E-state index is 0.0727. The highest BCUT2D eigenvalue weighted by Crippen LogP contribution is 2.39. The lowest BCUT2D eigenvalue weighted by atomic mass is 9.71. The van der Waals surface area contributed by atoms with Crippen LogP contribution in [0.2, 0.25) is 0 Å². The fourth-order valence-electron chi connectivity index (χ4n) is 3.39. The lowest BCUT2D eigenvalue weighted by molar-refractivity contribution is 0.212. The zero-order chi connectivity index (χ0) is 13.9. The summed E-state index contributed by atoms with van der Waals surface area (Å²) in [7, 11) is 0. The van der Waals surface area contributed by atoms with Gasteiger partial charge in [-0.15, -0.1) is 0 Å². The van der Waals surface area contributed by atoms with Crippen LogP contribution in [0.15, 0.2) is 22.7 Å². The largest absolute Gasteiger partial charge is 0.377 e. The highest BCUT2D eigenvalue weighted by Gasteiger charge is 2.38. The van der Waals surface area contributed by atoms with E-state index in [1.165, 1.54) is 43.4 Å². The van der Waals surface area contributed by atoms with Gasteiger partial charge in [0.05, 0.1) is 5.54 Å². The maximum atomic E-state index is 6.16. The van der Waals surface area contributed by atoms with Gasteiger partial charge in [0.15, 0.2) is 0 Å². The van der Waals surface area contributed by atoms with Crippen molar-refractivity contribution in [1.82, 2.24) is 0 Å². The van der Waals surface area contributed by atoms with Crippen LogP contribution < -0.4 is 11.1 Å². The van der Waals surface area contributed by atoms with Crippen molar-refractivity contribution in [1.29, 1.82) is 0 Å². The standard InChI is InChI=1S/C16H25BrN2/c1-3-13-6-4-5-9-16(13,11-18)19-15-10-12(2)7-8-14(15)17/h7-8,10,13,19H,3-6,9,11,18H2,1-2H3. The van der Waals surface area contributed by atoms with Crippen molar-refractivity contribution in [3.05, 3.63) is 28.2 Å². The van der Waals surface area contributed by atoms with E-state index in [2.05, 4.69) is 53.3 Å².